The van der Waals surface area contributed by atoms with E-state index in [2.05, 4.69) is 51.9 Å². The first-order chi connectivity index (χ1) is 11.0. The predicted molar refractivity (Wildman–Crippen MR) is 94.9 cm³/mol. The summed E-state index contributed by atoms with van der Waals surface area (Å²) in [7, 11) is 0. The lowest BCUT2D eigenvalue weighted by molar-refractivity contribution is -0.133. The van der Waals surface area contributed by atoms with Gasteiger partial charge in [0.05, 0.1) is 17.9 Å². The fourth-order valence-electron chi connectivity index (χ4n) is 3.10. The molecule has 1 N–H and O–H groups in total. The van der Waals surface area contributed by atoms with E-state index in [1.54, 1.807) is 0 Å². The van der Waals surface area contributed by atoms with Gasteiger partial charge in [-0.05, 0) is 36.5 Å². The first-order valence-corrected chi connectivity index (χ1v) is 8.94. The summed E-state index contributed by atoms with van der Waals surface area (Å²) in [6, 6.07) is 8.23. The number of H-pyrrole nitrogens is 1. The number of imidazole rings is 1. The van der Waals surface area contributed by atoms with E-state index >= 15 is 0 Å². The van der Waals surface area contributed by atoms with Gasteiger partial charge >= 0.3 is 0 Å². The van der Waals surface area contributed by atoms with Gasteiger partial charge in [-0.2, -0.15) is 0 Å². The van der Waals surface area contributed by atoms with Gasteiger partial charge in [0.25, 0.3) is 0 Å². The lowest BCUT2D eigenvalue weighted by Crippen LogP contribution is -2.31. The molecule has 1 aromatic heterocycles. The number of aromatic amines is 1. The van der Waals surface area contributed by atoms with Crippen molar-refractivity contribution in [2.24, 2.45) is 5.92 Å². The third-order valence-corrected chi connectivity index (χ3v) is 4.75. The van der Waals surface area contributed by atoms with Crippen LogP contribution in [0.5, 0.6) is 0 Å². The van der Waals surface area contributed by atoms with Gasteiger partial charge in [0.2, 0.25) is 5.91 Å². The number of nitrogens with zero attached hydrogens (tertiary/aromatic N) is 2. The molecular formula is C18H22BrN3O. The van der Waals surface area contributed by atoms with Crippen molar-refractivity contribution in [2.75, 3.05) is 6.54 Å². The van der Waals surface area contributed by atoms with Crippen LogP contribution in [0.3, 0.4) is 0 Å². The number of hydrogen-bond donors (Lipinski definition) is 1. The second-order valence-electron chi connectivity index (χ2n) is 6.53. The average Bonchev–Trinajstić information content (AvgIpc) is 3.16. The SMILES string of the molecule is CC(C)CC(=O)N1CCCC1c1ncc(-c2ccc(Br)cc2)[nH]1. The molecule has 1 aliphatic heterocycles. The molecule has 2 heterocycles. The van der Waals surface area contributed by atoms with E-state index in [4.69, 9.17) is 0 Å². The number of amides is 1. The van der Waals surface area contributed by atoms with Crippen LogP contribution in [-0.2, 0) is 4.79 Å². The summed E-state index contributed by atoms with van der Waals surface area (Å²) in [5.41, 5.74) is 2.10. The number of aromatic nitrogens is 2. The number of halogens is 1. The van der Waals surface area contributed by atoms with Crippen LogP contribution in [0.15, 0.2) is 34.9 Å². The smallest absolute Gasteiger partial charge is 0.223 e. The zero-order valence-electron chi connectivity index (χ0n) is 13.6. The van der Waals surface area contributed by atoms with E-state index in [-0.39, 0.29) is 11.9 Å². The third-order valence-electron chi connectivity index (χ3n) is 4.22. The Balaban J connectivity index is 1.79. The number of likely N-dealkylation sites (tertiary alicyclic amines) is 1. The number of carbonyl (C=O) groups is 1. The van der Waals surface area contributed by atoms with Crippen LogP contribution < -0.4 is 0 Å². The van der Waals surface area contributed by atoms with Crippen molar-refractivity contribution in [1.29, 1.82) is 0 Å². The Morgan fingerprint density at radius 1 is 1.39 bits per heavy atom. The fraction of sp³-hybridized carbons (Fsp3) is 0.444. The Morgan fingerprint density at radius 3 is 2.83 bits per heavy atom. The van der Waals surface area contributed by atoms with E-state index in [9.17, 15) is 4.79 Å². The Hall–Kier alpha value is -1.62. The largest absolute Gasteiger partial charge is 0.340 e. The molecule has 0 aliphatic carbocycles. The zero-order valence-corrected chi connectivity index (χ0v) is 15.1. The monoisotopic (exact) mass is 375 g/mol. The van der Waals surface area contributed by atoms with Crippen molar-refractivity contribution in [3.63, 3.8) is 0 Å². The highest BCUT2D eigenvalue weighted by molar-refractivity contribution is 9.10. The molecule has 0 bridgehead atoms. The summed E-state index contributed by atoms with van der Waals surface area (Å²) < 4.78 is 1.06. The average molecular weight is 376 g/mol. The number of nitrogens with one attached hydrogen (secondary N) is 1. The van der Waals surface area contributed by atoms with E-state index in [0.29, 0.717) is 12.3 Å². The summed E-state index contributed by atoms with van der Waals surface area (Å²) in [5, 5.41) is 0. The summed E-state index contributed by atoms with van der Waals surface area (Å²) >= 11 is 3.45. The highest BCUT2D eigenvalue weighted by Crippen LogP contribution is 2.32. The van der Waals surface area contributed by atoms with Crippen LogP contribution in [0.1, 0.15) is 45.0 Å². The van der Waals surface area contributed by atoms with Gasteiger partial charge in [0.15, 0.2) is 0 Å². The molecule has 1 aliphatic rings. The Kier molecular flexibility index (Phi) is 4.85. The molecule has 122 valence electrons. The molecule has 1 unspecified atom stereocenters. The number of carbonyl (C=O) groups excluding carboxylic acids is 1. The first-order valence-electron chi connectivity index (χ1n) is 8.15. The van der Waals surface area contributed by atoms with Crippen LogP contribution in [0, 0.1) is 5.92 Å². The predicted octanol–water partition coefficient (Wildman–Crippen LogP) is 4.55. The third kappa shape index (κ3) is 3.66. The molecule has 23 heavy (non-hydrogen) atoms. The van der Waals surface area contributed by atoms with E-state index in [1.165, 1.54) is 0 Å². The quantitative estimate of drug-likeness (QED) is 0.851. The van der Waals surface area contributed by atoms with Crippen LogP contribution in [0.4, 0.5) is 0 Å². The van der Waals surface area contributed by atoms with Gasteiger partial charge in [0, 0.05) is 17.4 Å². The molecule has 0 saturated carbocycles. The van der Waals surface area contributed by atoms with Crippen molar-refractivity contribution in [3.05, 3.63) is 40.8 Å². The lowest BCUT2D eigenvalue weighted by atomic mass is 10.1. The topological polar surface area (TPSA) is 49.0 Å². The fourth-order valence-corrected chi connectivity index (χ4v) is 3.36. The first kappa shape index (κ1) is 16.2. The maximum Gasteiger partial charge on any atom is 0.223 e. The van der Waals surface area contributed by atoms with Gasteiger partial charge in [-0.15, -0.1) is 0 Å². The molecule has 0 radical (unpaired) electrons. The molecule has 3 rings (SSSR count). The van der Waals surface area contributed by atoms with Crippen LogP contribution in [-0.4, -0.2) is 27.3 Å². The highest BCUT2D eigenvalue weighted by atomic mass is 79.9. The van der Waals surface area contributed by atoms with Gasteiger partial charge in [-0.1, -0.05) is 41.9 Å². The molecule has 1 amide bonds. The number of rotatable bonds is 4. The van der Waals surface area contributed by atoms with Crippen LogP contribution in [0.25, 0.3) is 11.3 Å². The molecule has 4 nitrogen and oxygen atoms in total. The van der Waals surface area contributed by atoms with Crippen molar-refractivity contribution in [2.45, 2.75) is 39.2 Å². The van der Waals surface area contributed by atoms with E-state index in [1.807, 2.05) is 23.2 Å². The molecule has 1 atom stereocenters. The van der Waals surface area contributed by atoms with Crippen LogP contribution in [0.2, 0.25) is 0 Å². The number of benzene rings is 1. The highest BCUT2D eigenvalue weighted by Gasteiger charge is 2.31. The summed E-state index contributed by atoms with van der Waals surface area (Å²) in [4.78, 5) is 22.4. The maximum absolute atomic E-state index is 12.4. The van der Waals surface area contributed by atoms with Gasteiger partial charge in [-0.25, -0.2) is 4.98 Å². The van der Waals surface area contributed by atoms with E-state index < -0.39 is 0 Å². The maximum atomic E-state index is 12.4. The van der Waals surface area contributed by atoms with Gasteiger partial charge in [0.1, 0.15) is 5.82 Å². The molecule has 2 aromatic rings. The Labute approximate surface area is 145 Å². The van der Waals surface area contributed by atoms with Crippen LogP contribution >= 0.6 is 15.9 Å². The molecule has 1 fully saturated rings. The van der Waals surface area contributed by atoms with Gasteiger partial charge in [-0.3, -0.25) is 4.79 Å². The lowest BCUT2D eigenvalue weighted by Gasteiger charge is -2.24. The molecule has 0 spiro atoms. The second-order valence-corrected chi connectivity index (χ2v) is 7.45. The standard InChI is InChI=1S/C18H22BrN3O/c1-12(2)10-17(23)22-9-3-4-16(22)18-20-11-15(21-18)13-5-7-14(19)8-6-13/h5-8,11-12,16H,3-4,9-10H2,1-2H3,(H,20,21). The zero-order chi connectivity index (χ0) is 16.4. The Morgan fingerprint density at radius 2 is 2.13 bits per heavy atom. The minimum absolute atomic E-state index is 0.0884. The van der Waals surface area contributed by atoms with Gasteiger partial charge < -0.3 is 9.88 Å². The molecular weight excluding hydrogens is 354 g/mol. The molecule has 1 saturated heterocycles. The number of hydrogen-bond acceptors (Lipinski definition) is 2. The summed E-state index contributed by atoms with van der Waals surface area (Å²) in [5.74, 6) is 1.53. The van der Waals surface area contributed by atoms with E-state index in [0.717, 1.165) is 40.9 Å². The minimum Gasteiger partial charge on any atom is -0.340 e. The molecule has 1 aromatic carbocycles. The summed E-state index contributed by atoms with van der Waals surface area (Å²) in [6.07, 6.45) is 4.50. The second kappa shape index (κ2) is 6.87. The van der Waals surface area contributed by atoms with Crippen molar-refractivity contribution < 1.29 is 4.79 Å². The Bertz CT molecular complexity index is 678. The normalized spacial score (nSPS) is 17.9. The van der Waals surface area contributed by atoms with Crippen molar-refractivity contribution in [3.8, 4) is 11.3 Å². The van der Waals surface area contributed by atoms with Crippen molar-refractivity contribution >= 4 is 21.8 Å². The van der Waals surface area contributed by atoms with Crippen molar-refractivity contribution in [1.82, 2.24) is 14.9 Å². The molecule has 5 heteroatoms. The summed E-state index contributed by atoms with van der Waals surface area (Å²) in [6.45, 7) is 5.01. The minimum atomic E-state index is 0.0884.